The minimum atomic E-state index is -0.161. The zero-order valence-corrected chi connectivity index (χ0v) is 18.7. The second-order valence-electron chi connectivity index (χ2n) is 7.78. The molecule has 0 aromatic heterocycles. The van der Waals surface area contributed by atoms with Crippen LogP contribution in [0.5, 0.6) is 0 Å². The Morgan fingerprint density at radius 2 is 1.79 bits per heavy atom. The number of amides is 1. The van der Waals surface area contributed by atoms with Crippen LogP contribution in [0.1, 0.15) is 26.3 Å². The summed E-state index contributed by atoms with van der Waals surface area (Å²) in [5.74, 6) is -0.0282. The van der Waals surface area contributed by atoms with E-state index in [1.54, 1.807) is 7.05 Å². The van der Waals surface area contributed by atoms with E-state index in [0.717, 1.165) is 6.54 Å². The summed E-state index contributed by atoms with van der Waals surface area (Å²) in [7, 11) is 1.73. The molecule has 0 atom stereocenters. The molecule has 0 N–H and O–H groups in total. The summed E-state index contributed by atoms with van der Waals surface area (Å²) in [5.41, 5.74) is 6.02. The molecule has 0 spiro atoms. The van der Waals surface area contributed by atoms with Gasteiger partial charge in [0.2, 0.25) is 0 Å². The van der Waals surface area contributed by atoms with Gasteiger partial charge >= 0.3 is 0 Å². The Hall–Kier alpha value is -2.37. The lowest BCUT2D eigenvalue weighted by atomic mass is 9.82. The predicted molar refractivity (Wildman–Crippen MR) is 127 cm³/mol. The second kappa shape index (κ2) is 7.47. The molecule has 0 saturated carbocycles. The summed E-state index contributed by atoms with van der Waals surface area (Å²) in [4.78, 5) is 16.9. The number of rotatable bonds is 3. The SMILES string of the molecule is CCN1/C(=C/C=C2/SC(=S)N(C)C2=O)C(C)(C)c2cc(-c3ccccc3)ccc21. The van der Waals surface area contributed by atoms with E-state index in [1.807, 2.05) is 12.1 Å². The van der Waals surface area contributed by atoms with Crippen LogP contribution < -0.4 is 4.90 Å². The van der Waals surface area contributed by atoms with Gasteiger partial charge in [0.25, 0.3) is 5.91 Å². The average Bonchev–Trinajstić information content (AvgIpc) is 3.10. The number of allylic oxidation sites excluding steroid dienone is 3. The van der Waals surface area contributed by atoms with Crippen molar-refractivity contribution in [2.45, 2.75) is 26.2 Å². The van der Waals surface area contributed by atoms with Crippen LogP contribution in [0.2, 0.25) is 0 Å². The van der Waals surface area contributed by atoms with Crippen molar-refractivity contribution in [1.82, 2.24) is 4.90 Å². The van der Waals surface area contributed by atoms with Crippen LogP contribution in [-0.4, -0.2) is 28.7 Å². The molecule has 2 heterocycles. The molecular formula is C24H24N2OS2. The first-order valence-electron chi connectivity index (χ1n) is 9.74. The van der Waals surface area contributed by atoms with Gasteiger partial charge in [-0.25, -0.2) is 0 Å². The fourth-order valence-corrected chi connectivity index (χ4v) is 5.16. The molecule has 4 rings (SSSR count). The highest BCUT2D eigenvalue weighted by Gasteiger charge is 2.39. The van der Waals surface area contributed by atoms with E-state index in [2.05, 4.69) is 74.2 Å². The summed E-state index contributed by atoms with van der Waals surface area (Å²) >= 11 is 6.61. The molecule has 0 aliphatic carbocycles. The first-order valence-corrected chi connectivity index (χ1v) is 11.0. The number of nitrogens with zero attached hydrogens (tertiary/aromatic N) is 2. The molecule has 1 fully saturated rings. The van der Waals surface area contributed by atoms with E-state index < -0.39 is 0 Å². The monoisotopic (exact) mass is 420 g/mol. The maximum atomic E-state index is 12.4. The van der Waals surface area contributed by atoms with Gasteiger partial charge in [-0.1, -0.05) is 74.2 Å². The van der Waals surface area contributed by atoms with E-state index in [-0.39, 0.29) is 11.3 Å². The number of benzene rings is 2. The molecule has 148 valence electrons. The minimum Gasteiger partial charge on any atom is -0.344 e. The normalized spacial score (nSPS) is 20.8. The molecule has 0 bridgehead atoms. The molecule has 2 aromatic rings. The summed E-state index contributed by atoms with van der Waals surface area (Å²) < 4.78 is 0.605. The second-order valence-corrected chi connectivity index (χ2v) is 9.46. The lowest BCUT2D eigenvalue weighted by molar-refractivity contribution is -0.121. The number of carbonyl (C=O) groups is 1. The third-order valence-electron chi connectivity index (χ3n) is 5.69. The van der Waals surface area contributed by atoms with Crippen molar-refractivity contribution in [2.24, 2.45) is 0 Å². The number of hydrogen-bond acceptors (Lipinski definition) is 4. The Kier molecular flexibility index (Phi) is 5.13. The van der Waals surface area contributed by atoms with Gasteiger partial charge in [-0.2, -0.15) is 0 Å². The third-order valence-corrected chi connectivity index (χ3v) is 7.20. The Morgan fingerprint density at radius 1 is 1.07 bits per heavy atom. The van der Waals surface area contributed by atoms with Crippen LogP contribution in [0.25, 0.3) is 11.1 Å². The fraction of sp³-hybridized carbons (Fsp3) is 0.250. The van der Waals surface area contributed by atoms with E-state index in [1.165, 1.54) is 44.7 Å². The van der Waals surface area contributed by atoms with Gasteiger partial charge in [-0.3, -0.25) is 9.69 Å². The molecular weight excluding hydrogens is 396 g/mol. The number of carbonyl (C=O) groups excluding carboxylic acids is 1. The number of anilines is 1. The first-order chi connectivity index (χ1) is 13.8. The van der Waals surface area contributed by atoms with Crippen LogP contribution in [0.3, 0.4) is 0 Å². The van der Waals surface area contributed by atoms with Crippen molar-refractivity contribution < 1.29 is 4.79 Å². The highest BCUT2D eigenvalue weighted by atomic mass is 32.2. The lowest BCUT2D eigenvalue weighted by Crippen LogP contribution is -2.26. The Balaban J connectivity index is 1.76. The van der Waals surface area contributed by atoms with Crippen LogP contribution in [0, 0.1) is 0 Å². The number of thiocarbonyl (C=S) groups is 1. The molecule has 1 amide bonds. The fourth-order valence-electron chi connectivity index (χ4n) is 4.04. The predicted octanol–water partition coefficient (Wildman–Crippen LogP) is 5.73. The van der Waals surface area contributed by atoms with Gasteiger partial charge in [0, 0.05) is 30.4 Å². The molecule has 5 heteroatoms. The van der Waals surface area contributed by atoms with Gasteiger partial charge < -0.3 is 4.90 Å². The Morgan fingerprint density at radius 3 is 2.41 bits per heavy atom. The summed E-state index contributed by atoms with van der Waals surface area (Å²) in [6.45, 7) is 7.53. The standard InChI is InChI=1S/C24H24N2OS2/c1-5-26-19-12-11-17(16-9-7-6-8-10-16)15-18(19)24(2,3)21(26)14-13-20-22(27)25(4)23(28)29-20/h6-15H,5H2,1-4H3/b20-13+,21-14+. The maximum absolute atomic E-state index is 12.4. The van der Waals surface area contributed by atoms with Crippen LogP contribution in [-0.2, 0) is 10.2 Å². The topological polar surface area (TPSA) is 23.6 Å². The van der Waals surface area contributed by atoms with Gasteiger partial charge in [0.15, 0.2) is 0 Å². The number of hydrogen-bond donors (Lipinski definition) is 0. The highest BCUT2D eigenvalue weighted by molar-refractivity contribution is 8.26. The van der Waals surface area contributed by atoms with Crippen LogP contribution >= 0.6 is 24.0 Å². The van der Waals surface area contributed by atoms with Crippen molar-refractivity contribution in [2.75, 3.05) is 18.5 Å². The molecule has 2 aliphatic heterocycles. The van der Waals surface area contributed by atoms with Gasteiger partial charge in [0.1, 0.15) is 4.32 Å². The maximum Gasteiger partial charge on any atom is 0.265 e. The van der Waals surface area contributed by atoms with E-state index in [4.69, 9.17) is 12.2 Å². The highest BCUT2D eigenvalue weighted by Crippen LogP contribution is 2.49. The van der Waals surface area contributed by atoms with Gasteiger partial charge in [0.05, 0.1) is 4.91 Å². The van der Waals surface area contributed by atoms with E-state index >= 15 is 0 Å². The quantitative estimate of drug-likeness (QED) is 0.467. The number of thioether (sulfide) groups is 1. The molecule has 1 saturated heterocycles. The minimum absolute atomic E-state index is 0.0282. The van der Waals surface area contributed by atoms with Crippen molar-refractivity contribution in [3.05, 3.63) is 76.8 Å². The third kappa shape index (κ3) is 3.32. The van der Waals surface area contributed by atoms with E-state index in [9.17, 15) is 4.79 Å². The van der Waals surface area contributed by atoms with E-state index in [0.29, 0.717) is 9.23 Å². The Labute approximate surface area is 182 Å². The van der Waals surface area contributed by atoms with Crippen molar-refractivity contribution in [3.63, 3.8) is 0 Å². The summed E-state index contributed by atoms with van der Waals surface area (Å²) in [6.07, 6.45) is 4.01. The first kappa shape index (κ1) is 19.9. The summed E-state index contributed by atoms with van der Waals surface area (Å²) in [6, 6.07) is 17.2. The molecule has 3 nitrogen and oxygen atoms in total. The zero-order valence-electron chi connectivity index (χ0n) is 17.1. The average molecular weight is 421 g/mol. The van der Waals surface area contributed by atoms with Crippen LogP contribution in [0.15, 0.2) is 71.3 Å². The molecule has 0 unspecified atom stereocenters. The van der Waals surface area contributed by atoms with Crippen molar-refractivity contribution >= 4 is 39.9 Å². The van der Waals surface area contributed by atoms with Crippen LogP contribution in [0.4, 0.5) is 5.69 Å². The zero-order chi connectivity index (χ0) is 20.8. The van der Waals surface area contributed by atoms with Gasteiger partial charge in [-0.15, -0.1) is 0 Å². The molecule has 29 heavy (non-hydrogen) atoms. The molecule has 2 aliphatic rings. The largest absolute Gasteiger partial charge is 0.344 e. The molecule has 2 aromatic carbocycles. The van der Waals surface area contributed by atoms with Crippen molar-refractivity contribution in [3.8, 4) is 11.1 Å². The van der Waals surface area contributed by atoms with Gasteiger partial charge in [-0.05, 0) is 47.9 Å². The number of fused-ring (bicyclic) bond motifs is 1. The smallest absolute Gasteiger partial charge is 0.265 e. The summed E-state index contributed by atoms with van der Waals surface area (Å²) in [5, 5.41) is 0. The lowest BCUT2D eigenvalue weighted by Gasteiger charge is -2.25. The molecule has 0 radical (unpaired) electrons. The number of likely N-dealkylation sites (N-methyl/N-ethyl adjacent to an activating group) is 2. The Bertz CT molecular complexity index is 1050. The van der Waals surface area contributed by atoms with Crippen molar-refractivity contribution in [1.29, 1.82) is 0 Å².